The quantitative estimate of drug-likeness (QED) is 0.664. The van der Waals surface area contributed by atoms with Gasteiger partial charge in [0.2, 0.25) is 0 Å². The van der Waals surface area contributed by atoms with Crippen molar-refractivity contribution in [1.82, 2.24) is 4.98 Å². The molecule has 1 aromatic carbocycles. The fourth-order valence-corrected chi connectivity index (χ4v) is 2.82. The zero-order valence-corrected chi connectivity index (χ0v) is 13.6. The number of halogens is 3. The van der Waals surface area contributed by atoms with E-state index in [-0.39, 0.29) is 18.6 Å². The molecule has 0 aliphatic heterocycles. The third-order valence-corrected chi connectivity index (χ3v) is 4.08. The van der Waals surface area contributed by atoms with Gasteiger partial charge in [0, 0.05) is 23.4 Å². The summed E-state index contributed by atoms with van der Waals surface area (Å²) >= 11 is 0. The molecule has 25 heavy (non-hydrogen) atoms. The van der Waals surface area contributed by atoms with Gasteiger partial charge in [0.15, 0.2) is 5.78 Å². The molecule has 1 aliphatic rings. The number of fused-ring (bicyclic) bond motifs is 2. The number of para-hydroxylation sites is 1. The van der Waals surface area contributed by atoms with E-state index in [0.29, 0.717) is 36.5 Å². The number of benzene rings is 1. The number of pyridine rings is 1. The van der Waals surface area contributed by atoms with Gasteiger partial charge >= 0.3 is 6.18 Å². The third-order valence-electron chi connectivity index (χ3n) is 4.08. The van der Waals surface area contributed by atoms with Gasteiger partial charge < -0.3 is 4.74 Å². The van der Waals surface area contributed by atoms with Crippen LogP contribution >= 0.6 is 0 Å². The number of hydrogen-bond donors (Lipinski definition) is 0. The highest BCUT2D eigenvalue weighted by molar-refractivity contribution is 6.05. The van der Waals surface area contributed by atoms with Crippen LogP contribution in [-0.2, 0) is 4.74 Å². The van der Waals surface area contributed by atoms with E-state index in [4.69, 9.17) is 4.74 Å². The second kappa shape index (κ2) is 7.25. The predicted octanol–water partition coefficient (Wildman–Crippen LogP) is 5.30. The molecule has 1 heterocycles. The van der Waals surface area contributed by atoms with Gasteiger partial charge in [-0.3, -0.25) is 4.79 Å². The Kier molecular flexibility index (Phi) is 5.06. The van der Waals surface area contributed by atoms with Crippen molar-refractivity contribution >= 4 is 22.8 Å². The smallest absolute Gasteiger partial charge is 0.389 e. The monoisotopic (exact) mass is 349 g/mol. The van der Waals surface area contributed by atoms with Crippen LogP contribution in [0.4, 0.5) is 13.2 Å². The molecule has 0 fully saturated rings. The van der Waals surface area contributed by atoms with Crippen LogP contribution in [-0.4, -0.2) is 23.6 Å². The number of allylic oxidation sites excluding steroid dienone is 1. The molecule has 0 saturated heterocycles. The van der Waals surface area contributed by atoms with Crippen molar-refractivity contribution < 1.29 is 22.7 Å². The van der Waals surface area contributed by atoms with Crippen molar-refractivity contribution in [2.75, 3.05) is 6.61 Å². The van der Waals surface area contributed by atoms with Crippen LogP contribution in [0.15, 0.2) is 36.1 Å². The highest BCUT2D eigenvalue weighted by Gasteiger charge is 2.26. The molecular weight excluding hydrogens is 331 g/mol. The molecule has 6 heteroatoms. The summed E-state index contributed by atoms with van der Waals surface area (Å²) in [4.78, 5) is 16.8. The number of Topliss-reactive ketones (excluding diaryl/α,β-unsaturated/α-hetero) is 1. The topological polar surface area (TPSA) is 39.2 Å². The molecule has 0 unspecified atom stereocenters. The number of aromatic nitrogens is 1. The van der Waals surface area contributed by atoms with Crippen LogP contribution in [0.3, 0.4) is 0 Å². The lowest BCUT2D eigenvalue weighted by molar-refractivity contribution is -0.135. The Morgan fingerprint density at radius 2 is 1.92 bits per heavy atom. The number of rotatable bonds is 6. The first-order valence-electron chi connectivity index (χ1n) is 8.25. The second-order valence-corrected chi connectivity index (χ2v) is 6.10. The standard InChI is InChI=1S/C19H18F3NO2/c20-19(21,22)8-4-1-5-9-25-14-11-17-15(18(24)12-14)10-13-6-2-3-7-16(13)23-17/h2-3,6-7,10-11H,1,4-5,8-9,12H2. The molecule has 0 saturated carbocycles. The van der Waals surface area contributed by atoms with Crippen molar-refractivity contribution in [3.8, 4) is 0 Å². The summed E-state index contributed by atoms with van der Waals surface area (Å²) < 4.78 is 41.8. The minimum absolute atomic E-state index is 0.0529. The lowest BCUT2D eigenvalue weighted by Crippen LogP contribution is -2.12. The van der Waals surface area contributed by atoms with Crippen molar-refractivity contribution in [2.45, 2.75) is 38.3 Å². The van der Waals surface area contributed by atoms with Gasteiger partial charge in [-0.1, -0.05) is 18.2 Å². The highest BCUT2D eigenvalue weighted by Crippen LogP contribution is 2.27. The lowest BCUT2D eigenvalue weighted by Gasteiger charge is -2.16. The Morgan fingerprint density at radius 1 is 1.12 bits per heavy atom. The molecule has 132 valence electrons. The number of nitrogens with zero attached hydrogens (tertiary/aromatic N) is 1. The van der Waals surface area contributed by atoms with E-state index in [9.17, 15) is 18.0 Å². The van der Waals surface area contributed by atoms with E-state index < -0.39 is 12.6 Å². The number of alkyl halides is 3. The lowest BCUT2D eigenvalue weighted by atomic mass is 9.97. The zero-order valence-electron chi connectivity index (χ0n) is 13.6. The SMILES string of the molecule is O=C1CC(OCCCCCC(F)(F)F)=Cc2nc3ccccc3cc21. The van der Waals surface area contributed by atoms with Crippen LogP contribution < -0.4 is 0 Å². The Morgan fingerprint density at radius 3 is 2.72 bits per heavy atom. The summed E-state index contributed by atoms with van der Waals surface area (Å²) in [5.74, 6) is 0.471. The molecule has 0 amide bonds. The maximum Gasteiger partial charge on any atom is 0.389 e. The van der Waals surface area contributed by atoms with E-state index in [1.807, 2.05) is 30.3 Å². The molecule has 0 bridgehead atoms. The normalized spacial score (nSPS) is 14.4. The minimum Gasteiger partial charge on any atom is -0.497 e. The Hall–Kier alpha value is -2.37. The summed E-state index contributed by atoms with van der Waals surface area (Å²) in [5.41, 5.74) is 1.97. The van der Waals surface area contributed by atoms with E-state index in [2.05, 4.69) is 4.98 Å². The van der Waals surface area contributed by atoms with Crippen LogP contribution in [0.25, 0.3) is 17.0 Å². The van der Waals surface area contributed by atoms with Crippen LogP contribution in [0, 0.1) is 0 Å². The Bertz CT molecular complexity index is 812. The van der Waals surface area contributed by atoms with Crippen molar-refractivity contribution in [2.24, 2.45) is 0 Å². The molecule has 1 aromatic heterocycles. The summed E-state index contributed by atoms with van der Waals surface area (Å²) in [6, 6.07) is 9.40. The number of unbranched alkanes of at least 4 members (excludes halogenated alkanes) is 2. The number of carbonyl (C=O) groups excluding carboxylic acids is 1. The minimum atomic E-state index is -4.10. The van der Waals surface area contributed by atoms with Crippen molar-refractivity contribution in [3.05, 3.63) is 47.3 Å². The Labute approximate surface area is 143 Å². The van der Waals surface area contributed by atoms with E-state index >= 15 is 0 Å². The first kappa shape index (κ1) is 17.5. The first-order chi connectivity index (χ1) is 11.9. The summed E-state index contributed by atoms with van der Waals surface area (Å²) in [6.07, 6.45) is -1.88. The molecule has 2 aromatic rings. The molecular formula is C19H18F3NO2. The van der Waals surface area contributed by atoms with E-state index in [1.165, 1.54) is 0 Å². The second-order valence-electron chi connectivity index (χ2n) is 6.10. The molecule has 0 radical (unpaired) electrons. The van der Waals surface area contributed by atoms with Crippen molar-refractivity contribution in [3.63, 3.8) is 0 Å². The van der Waals surface area contributed by atoms with Crippen LogP contribution in [0.1, 0.15) is 48.2 Å². The molecule has 1 aliphatic carbocycles. The number of ketones is 1. The molecule has 3 rings (SSSR count). The average molecular weight is 349 g/mol. The fraction of sp³-hybridized carbons (Fsp3) is 0.368. The van der Waals surface area contributed by atoms with Gasteiger partial charge in [0.1, 0.15) is 5.76 Å². The predicted molar refractivity (Wildman–Crippen MR) is 89.1 cm³/mol. The molecule has 0 spiro atoms. The Balaban J connectivity index is 1.60. The van der Waals surface area contributed by atoms with Crippen molar-refractivity contribution in [1.29, 1.82) is 0 Å². The van der Waals surface area contributed by atoms with Gasteiger partial charge in [0.25, 0.3) is 0 Å². The highest BCUT2D eigenvalue weighted by atomic mass is 19.4. The van der Waals surface area contributed by atoms with Gasteiger partial charge in [0.05, 0.1) is 24.2 Å². The number of carbonyl (C=O) groups is 1. The summed E-state index contributed by atoms with van der Waals surface area (Å²) in [5, 5.41) is 0.914. The van der Waals surface area contributed by atoms with Gasteiger partial charge in [-0.2, -0.15) is 13.2 Å². The van der Waals surface area contributed by atoms with E-state index in [0.717, 1.165) is 10.9 Å². The molecule has 0 N–H and O–H groups in total. The molecule has 3 nitrogen and oxygen atoms in total. The summed E-state index contributed by atoms with van der Waals surface area (Å²) in [7, 11) is 0. The molecule has 0 atom stereocenters. The number of ether oxygens (including phenoxy) is 1. The fourth-order valence-electron chi connectivity index (χ4n) is 2.82. The average Bonchev–Trinajstić information content (AvgIpc) is 2.55. The maximum atomic E-state index is 12.3. The van der Waals surface area contributed by atoms with Crippen LogP contribution in [0.2, 0.25) is 0 Å². The van der Waals surface area contributed by atoms with Gasteiger partial charge in [-0.05, 0) is 31.4 Å². The first-order valence-corrected chi connectivity index (χ1v) is 8.25. The van der Waals surface area contributed by atoms with Gasteiger partial charge in [-0.15, -0.1) is 0 Å². The summed E-state index contributed by atoms with van der Waals surface area (Å²) in [6.45, 7) is 0.305. The van der Waals surface area contributed by atoms with Gasteiger partial charge in [-0.25, -0.2) is 4.98 Å². The largest absolute Gasteiger partial charge is 0.497 e. The third kappa shape index (κ3) is 4.59. The zero-order chi connectivity index (χ0) is 17.9. The van der Waals surface area contributed by atoms with Crippen LogP contribution in [0.5, 0.6) is 0 Å². The van der Waals surface area contributed by atoms with E-state index in [1.54, 1.807) is 6.08 Å². The number of hydrogen-bond acceptors (Lipinski definition) is 3. The maximum absolute atomic E-state index is 12.3.